The van der Waals surface area contributed by atoms with Crippen LogP contribution in [0.25, 0.3) is 0 Å². The van der Waals surface area contributed by atoms with Gasteiger partial charge in [0.05, 0.1) is 6.61 Å². The van der Waals surface area contributed by atoms with Crippen molar-refractivity contribution in [3.8, 4) is 0 Å². The molecular weight excluding hydrogens is 262 g/mol. The van der Waals surface area contributed by atoms with Gasteiger partial charge in [-0.05, 0) is 19.1 Å². The fraction of sp³-hybridized carbons (Fsp3) is 0.154. The first-order chi connectivity index (χ1) is 9.69. The summed E-state index contributed by atoms with van der Waals surface area (Å²) in [6, 6.07) is 8.29. The number of oxazole rings is 1. The molecule has 7 heteroatoms. The van der Waals surface area contributed by atoms with Gasteiger partial charge in [0, 0.05) is 5.69 Å². The van der Waals surface area contributed by atoms with Gasteiger partial charge in [0.15, 0.2) is 5.69 Å². The highest BCUT2D eigenvalue weighted by Gasteiger charge is 2.14. The van der Waals surface area contributed by atoms with Crippen molar-refractivity contribution >= 4 is 23.7 Å². The van der Waals surface area contributed by atoms with E-state index in [-0.39, 0.29) is 18.3 Å². The molecule has 0 fully saturated rings. The van der Waals surface area contributed by atoms with E-state index in [2.05, 4.69) is 15.6 Å². The van der Waals surface area contributed by atoms with Crippen LogP contribution in [0.15, 0.2) is 41.0 Å². The Kier molecular flexibility index (Phi) is 4.33. The van der Waals surface area contributed by atoms with E-state index in [0.29, 0.717) is 5.69 Å². The largest absolute Gasteiger partial charge is 0.461 e. The third-order valence-corrected chi connectivity index (χ3v) is 2.24. The van der Waals surface area contributed by atoms with Crippen LogP contribution in [0.5, 0.6) is 0 Å². The molecule has 104 valence electrons. The zero-order valence-corrected chi connectivity index (χ0v) is 10.8. The Morgan fingerprint density at radius 3 is 2.70 bits per heavy atom. The molecule has 2 aromatic rings. The minimum absolute atomic E-state index is 0.00172. The molecule has 0 aliphatic rings. The predicted octanol–water partition coefficient (Wildman–Crippen LogP) is 2.50. The van der Waals surface area contributed by atoms with E-state index in [1.165, 1.54) is 0 Å². The molecule has 0 spiro atoms. The lowest BCUT2D eigenvalue weighted by molar-refractivity contribution is 0.0519. The zero-order valence-electron chi connectivity index (χ0n) is 10.8. The summed E-state index contributed by atoms with van der Waals surface area (Å²) >= 11 is 0. The van der Waals surface area contributed by atoms with Crippen molar-refractivity contribution in [2.45, 2.75) is 6.92 Å². The summed E-state index contributed by atoms with van der Waals surface area (Å²) in [5.74, 6) is -0.604. The monoisotopic (exact) mass is 275 g/mol. The molecule has 0 saturated heterocycles. The highest BCUT2D eigenvalue weighted by molar-refractivity contribution is 5.98. The summed E-state index contributed by atoms with van der Waals surface area (Å²) < 4.78 is 9.71. The second-order valence-corrected chi connectivity index (χ2v) is 3.70. The van der Waals surface area contributed by atoms with Crippen molar-refractivity contribution in [2.24, 2.45) is 0 Å². The average molecular weight is 275 g/mol. The van der Waals surface area contributed by atoms with Crippen molar-refractivity contribution in [3.63, 3.8) is 0 Å². The molecule has 0 bridgehead atoms. The van der Waals surface area contributed by atoms with E-state index >= 15 is 0 Å². The van der Waals surface area contributed by atoms with Gasteiger partial charge in [-0.3, -0.25) is 5.32 Å². The van der Waals surface area contributed by atoms with Crippen molar-refractivity contribution < 1.29 is 18.7 Å². The molecule has 7 nitrogen and oxygen atoms in total. The molecule has 1 heterocycles. The van der Waals surface area contributed by atoms with Crippen molar-refractivity contribution in [2.75, 3.05) is 17.2 Å². The van der Waals surface area contributed by atoms with Crippen LogP contribution in [0.4, 0.5) is 16.5 Å². The van der Waals surface area contributed by atoms with Crippen molar-refractivity contribution in [1.29, 1.82) is 0 Å². The number of urea groups is 1. The fourth-order valence-corrected chi connectivity index (χ4v) is 1.41. The quantitative estimate of drug-likeness (QED) is 0.836. The number of hydrogen-bond acceptors (Lipinski definition) is 5. The van der Waals surface area contributed by atoms with Gasteiger partial charge >= 0.3 is 18.0 Å². The Balaban J connectivity index is 1.93. The third-order valence-electron chi connectivity index (χ3n) is 2.24. The molecule has 2 amide bonds. The summed E-state index contributed by atoms with van der Waals surface area (Å²) in [5, 5.41) is 4.96. The van der Waals surface area contributed by atoms with Crippen LogP contribution >= 0.6 is 0 Å². The lowest BCUT2D eigenvalue weighted by atomic mass is 10.3. The number of carbonyl (C=O) groups is 2. The number of aromatic nitrogens is 1. The number of nitrogens with one attached hydrogen (secondary N) is 2. The summed E-state index contributed by atoms with van der Waals surface area (Å²) in [6.45, 7) is 1.92. The standard InChI is InChI=1S/C13H13N3O4/c1-2-19-11(17)10-8-20-13(15-10)16-12(18)14-9-6-4-3-5-7-9/h3-8H,2H2,1H3,(H2,14,15,16,18). The van der Waals surface area contributed by atoms with E-state index in [1.54, 1.807) is 31.2 Å². The maximum atomic E-state index is 11.6. The first kappa shape index (κ1) is 13.6. The summed E-state index contributed by atoms with van der Waals surface area (Å²) in [6.07, 6.45) is 1.12. The number of hydrogen-bond donors (Lipinski definition) is 2. The first-order valence-electron chi connectivity index (χ1n) is 5.94. The summed E-state index contributed by atoms with van der Waals surface area (Å²) in [4.78, 5) is 26.8. The highest BCUT2D eigenvalue weighted by Crippen LogP contribution is 2.10. The molecule has 2 rings (SSSR count). The van der Waals surface area contributed by atoms with Crippen LogP contribution in [0, 0.1) is 0 Å². The third kappa shape index (κ3) is 3.58. The van der Waals surface area contributed by atoms with Gasteiger partial charge in [0.2, 0.25) is 0 Å². The first-order valence-corrected chi connectivity index (χ1v) is 5.94. The second-order valence-electron chi connectivity index (χ2n) is 3.70. The van der Waals surface area contributed by atoms with Crippen LogP contribution in [-0.2, 0) is 4.74 Å². The lowest BCUT2D eigenvalue weighted by Gasteiger charge is -2.03. The number of para-hydroxylation sites is 1. The van der Waals surface area contributed by atoms with Gasteiger partial charge in [-0.2, -0.15) is 4.98 Å². The molecule has 0 aliphatic heterocycles. The lowest BCUT2D eigenvalue weighted by Crippen LogP contribution is -2.19. The van der Waals surface area contributed by atoms with Crippen LogP contribution < -0.4 is 10.6 Å². The Morgan fingerprint density at radius 2 is 2.00 bits per heavy atom. The smallest absolute Gasteiger partial charge is 0.360 e. The van der Waals surface area contributed by atoms with Crippen LogP contribution in [0.3, 0.4) is 0 Å². The van der Waals surface area contributed by atoms with E-state index < -0.39 is 12.0 Å². The number of rotatable bonds is 4. The topological polar surface area (TPSA) is 93.5 Å². The van der Waals surface area contributed by atoms with E-state index in [4.69, 9.17) is 9.15 Å². The molecular formula is C13H13N3O4. The number of benzene rings is 1. The minimum atomic E-state index is -0.604. The Hall–Kier alpha value is -2.83. The Labute approximate surface area is 114 Å². The van der Waals surface area contributed by atoms with Crippen LogP contribution in [-0.4, -0.2) is 23.6 Å². The molecule has 0 saturated carbocycles. The highest BCUT2D eigenvalue weighted by atomic mass is 16.5. The van der Waals surface area contributed by atoms with Gasteiger partial charge in [-0.1, -0.05) is 18.2 Å². The van der Waals surface area contributed by atoms with Crippen LogP contribution in [0.1, 0.15) is 17.4 Å². The number of nitrogens with zero attached hydrogens (tertiary/aromatic N) is 1. The normalized spacial score (nSPS) is 9.85. The molecule has 2 N–H and O–H groups in total. The molecule has 20 heavy (non-hydrogen) atoms. The summed E-state index contributed by atoms with van der Waals surface area (Å²) in [5.41, 5.74) is 0.629. The maximum absolute atomic E-state index is 11.6. The number of amides is 2. The minimum Gasteiger partial charge on any atom is -0.461 e. The fourth-order valence-electron chi connectivity index (χ4n) is 1.41. The van der Waals surface area contributed by atoms with Gasteiger partial charge in [0.1, 0.15) is 6.26 Å². The number of anilines is 2. The van der Waals surface area contributed by atoms with E-state index in [9.17, 15) is 9.59 Å². The number of carbonyl (C=O) groups excluding carboxylic acids is 2. The van der Waals surface area contributed by atoms with Gasteiger partial charge < -0.3 is 14.5 Å². The maximum Gasteiger partial charge on any atom is 0.360 e. The SMILES string of the molecule is CCOC(=O)c1coc(NC(=O)Nc2ccccc2)n1. The Bertz CT molecular complexity index is 595. The molecule has 0 aliphatic carbocycles. The van der Waals surface area contributed by atoms with E-state index in [1.807, 2.05) is 6.07 Å². The Morgan fingerprint density at radius 1 is 1.25 bits per heavy atom. The average Bonchev–Trinajstić information content (AvgIpc) is 2.88. The molecule has 0 unspecified atom stereocenters. The van der Waals surface area contributed by atoms with Crippen LogP contribution in [0.2, 0.25) is 0 Å². The second kappa shape index (κ2) is 6.37. The van der Waals surface area contributed by atoms with Gasteiger partial charge in [-0.15, -0.1) is 0 Å². The molecule has 0 atom stereocenters. The number of ether oxygens (including phenoxy) is 1. The molecule has 1 aromatic carbocycles. The van der Waals surface area contributed by atoms with Gasteiger partial charge in [-0.25, -0.2) is 9.59 Å². The van der Waals surface area contributed by atoms with Crippen molar-refractivity contribution in [1.82, 2.24) is 4.98 Å². The zero-order chi connectivity index (χ0) is 14.4. The predicted molar refractivity (Wildman–Crippen MR) is 71.5 cm³/mol. The van der Waals surface area contributed by atoms with Gasteiger partial charge in [0.25, 0.3) is 0 Å². The van der Waals surface area contributed by atoms with E-state index in [0.717, 1.165) is 6.26 Å². The van der Waals surface area contributed by atoms with Crippen molar-refractivity contribution in [3.05, 3.63) is 42.3 Å². The number of esters is 1. The molecule has 0 radical (unpaired) electrons. The molecule has 1 aromatic heterocycles. The summed E-state index contributed by atoms with van der Waals surface area (Å²) in [7, 11) is 0.